The smallest absolute Gasteiger partial charge is 0.106 e. The lowest BCUT2D eigenvalue weighted by Gasteiger charge is -2.34. The van der Waals surface area contributed by atoms with Crippen molar-refractivity contribution in [1.82, 2.24) is 0 Å². The molecule has 104 valence electrons. The van der Waals surface area contributed by atoms with Crippen molar-refractivity contribution < 1.29 is 0 Å². The van der Waals surface area contributed by atoms with Crippen LogP contribution < -0.4 is 11.1 Å². The highest BCUT2D eigenvalue weighted by Crippen LogP contribution is 2.36. The predicted molar refractivity (Wildman–Crippen MR) is 87.0 cm³/mol. The van der Waals surface area contributed by atoms with E-state index in [1.807, 2.05) is 18.2 Å². The molecule has 1 aliphatic carbocycles. The lowest BCUT2D eigenvalue weighted by Crippen LogP contribution is -2.29. The molecule has 1 saturated carbocycles. The number of nitrogens with one attached hydrogen (secondary N) is 1. The van der Waals surface area contributed by atoms with E-state index < -0.39 is 0 Å². The molecule has 0 saturated heterocycles. The Morgan fingerprint density at radius 2 is 2.05 bits per heavy atom. The summed E-state index contributed by atoms with van der Waals surface area (Å²) in [5.74, 6) is 0. The van der Waals surface area contributed by atoms with Gasteiger partial charge in [-0.25, -0.2) is 0 Å². The fraction of sp³-hybridized carbons (Fsp3) is 0.533. The van der Waals surface area contributed by atoms with Gasteiger partial charge in [0.2, 0.25) is 0 Å². The fourth-order valence-electron chi connectivity index (χ4n) is 2.77. The minimum absolute atomic E-state index is 0.380. The van der Waals surface area contributed by atoms with E-state index in [4.69, 9.17) is 29.6 Å². The van der Waals surface area contributed by atoms with Crippen LogP contribution in [0.15, 0.2) is 18.2 Å². The van der Waals surface area contributed by atoms with Gasteiger partial charge in [-0.15, -0.1) is 0 Å². The number of anilines is 1. The molecular formula is C15H21ClN2S. The van der Waals surface area contributed by atoms with Gasteiger partial charge in [0.15, 0.2) is 0 Å². The van der Waals surface area contributed by atoms with Gasteiger partial charge in [-0.1, -0.05) is 50.0 Å². The summed E-state index contributed by atoms with van der Waals surface area (Å²) in [6.07, 6.45) is 6.61. The predicted octanol–water partition coefficient (Wildman–Crippen LogP) is 4.36. The van der Waals surface area contributed by atoms with Crippen LogP contribution >= 0.6 is 23.8 Å². The number of halogens is 1. The molecule has 2 nitrogen and oxygen atoms in total. The summed E-state index contributed by atoms with van der Waals surface area (Å²) in [7, 11) is 0. The molecule has 0 atom stereocenters. The maximum atomic E-state index is 5.99. The van der Waals surface area contributed by atoms with Crippen molar-refractivity contribution in [1.29, 1.82) is 0 Å². The highest BCUT2D eigenvalue weighted by atomic mass is 35.5. The molecule has 1 fully saturated rings. The third-order valence-electron chi connectivity index (χ3n) is 4.01. The Morgan fingerprint density at radius 1 is 1.37 bits per heavy atom. The summed E-state index contributed by atoms with van der Waals surface area (Å²) < 4.78 is 0. The van der Waals surface area contributed by atoms with Gasteiger partial charge in [0.25, 0.3) is 0 Å². The van der Waals surface area contributed by atoms with Crippen molar-refractivity contribution in [3.63, 3.8) is 0 Å². The van der Waals surface area contributed by atoms with Gasteiger partial charge in [0.1, 0.15) is 4.99 Å². The Balaban J connectivity index is 2.08. The van der Waals surface area contributed by atoms with Crippen LogP contribution in [0.1, 0.15) is 44.6 Å². The molecule has 4 heteroatoms. The molecule has 0 radical (unpaired) electrons. The second kappa shape index (κ2) is 6.10. The van der Waals surface area contributed by atoms with Gasteiger partial charge in [-0.2, -0.15) is 0 Å². The monoisotopic (exact) mass is 296 g/mol. The first-order valence-corrected chi connectivity index (χ1v) is 7.62. The van der Waals surface area contributed by atoms with Crippen LogP contribution in [0, 0.1) is 5.41 Å². The zero-order chi connectivity index (χ0) is 13.9. The maximum absolute atomic E-state index is 5.99. The Labute approximate surface area is 125 Å². The van der Waals surface area contributed by atoms with E-state index in [2.05, 4.69) is 12.2 Å². The van der Waals surface area contributed by atoms with E-state index in [9.17, 15) is 0 Å². The molecule has 1 aliphatic rings. The zero-order valence-electron chi connectivity index (χ0n) is 11.3. The largest absolute Gasteiger partial charge is 0.389 e. The standard InChI is InChI=1S/C15H21ClN2S/c1-15(7-3-2-4-8-15)10-18-13-6-5-11(16)9-12(13)14(17)19/h5-6,9,18H,2-4,7-8,10H2,1H3,(H2,17,19). The van der Waals surface area contributed by atoms with Gasteiger partial charge in [0.05, 0.1) is 0 Å². The summed E-state index contributed by atoms with van der Waals surface area (Å²) in [5.41, 5.74) is 7.96. The van der Waals surface area contributed by atoms with Crippen LogP contribution in [0.4, 0.5) is 5.69 Å². The minimum atomic E-state index is 0.380. The van der Waals surface area contributed by atoms with Crippen molar-refractivity contribution in [2.75, 3.05) is 11.9 Å². The number of benzene rings is 1. The van der Waals surface area contributed by atoms with Crippen LogP contribution in [0.5, 0.6) is 0 Å². The van der Waals surface area contributed by atoms with Crippen molar-refractivity contribution in [3.8, 4) is 0 Å². The van der Waals surface area contributed by atoms with Crippen LogP contribution in [0.25, 0.3) is 0 Å². The zero-order valence-corrected chi connectivity index (χ0v) is 12.9. The Bertz CT molecular complexity index is 467. The second-order valence-electron chi connectivity index (χ2n) is 5.78. The minimum Gasteiger partial charge on any atom is -0.389 e. The van der Waals surface area contributed by atoms with E-state index in [-0.39, 0.29) is 0 Å². The summed E-state index contributed by atoms with van der Waals surface area (Å²) in [5, 5.41) is 4.17. The van der Waals surface area contributed by atoms with E-state index in [0.717, 1.165) is 17.8 Å². The Hall–Kier alpha value is -0.800. The van der Waals surface area contributed by atoms with Crippen molar-refractivity contribution in [2.24, 2.45) is 11.1 Å². The van der Waals surface area contributed by atoms with E-state index in [0.29, 0.717) is 15.4 Å². The molecule has 0 aromatic heterocycles. The van der Waals surface area contributed by atoms with Gasteiger partial charge in [0, 0.05) is 22.8 Å². The quantitative estimate of drug-likeness (QED) is 0.811. The van der Waals surface area contributed by atoms with E-state index in [1.54, 1.807) is 0 Å². The lowest BCUT2D eigenvalue weighted by molar-refractivity contribution is 0.233. The summed E-state index contributed by atoms with van der Waals surface area (Å²) >= 11 is 11.1. The first kappa shape index (κ1) is 14.6. The maximum Gasteiger partial charge on any atom is 0.106 e. The molecular weight excluding hydrogens is 276 g/mol. The Kier molecular flexibility index (Phi) is 4.69. The number of hydrogen-bond acceptors (Lipinski definition) is 2. The third-order valence-corrected chi connectivity index (χ3v) is 4.47. The topological polar surface area (TPSA) is 38.0 Å². The molecule has 0 amide bonds. The number of rotatable bonds is 4. The number of nitrogens with two attached hydrogens (primary N) is 1. The van der Waals surface area contributed by atoms with Gasteiger partial charge in [-0.3, -0.25) is 0 Å². The van der Waals surface area contributed by atoms with Crippen molar-refractivity contribution in [3.05, 3.63) is 28.8 Å². The van der Waals surface area contributed by atoms with Gasteiger partial charge in [-0.05, 0) is 36.5 Å². The van der Waals surface area contributed by atoms with Crippen LogP contribution in [-0.2, 0) is 0 Å². The van der Waals surface area contributed by atoms with Crippen molar-refractivity contribution >= 4 is 34.5 Å². The highest BCUT2D eigenvalue weighted by Gasteiger charge is 2.26. The van der Waals surface area contributed by atoms with Crippen molar-refractivity contribution in [2.45, 2.75) is 39.0 Å². The molecule has 0 spiro atoms. The van der Waals surface area contributed by atoms with E-state index >= 15 is 0 Å². The average Bonchev–Trinajstić information content (AvgIpc) is 2.38. The lowest BCUT2D eigenvalue weighted by atomic mass is 9.75. The molecule has 0 heterocycles. The molecule has 0 aliphatic heterocycles. The first-order chi connectivity index (χ1) is 9.00. The fourth-order valence-corrected chi connectivity index (χ4v) is 3.11. The van der Waals surface area contributed by atoms with Gasteiger partial charge >= 0.3 is 0 Å². The number of thiocarbonyl (C=S) groups is 1. The average molecular weight is 297 g/mol. The molecule has 2 rings (SSSR count). The van der Waals surface area contributed by atoms with Crippen LogP contribution in [0.2, 0.25) is 5.02 Å². The highest BCUT2D eigenvalue weighted by molar-refractivity contribution is 7.80. The first-order valence-electron chi connectivity index (χ1n) is 6.83. The summed E-state index contributed by atoms with van der Waals surface area (Å²) in [6.45, 7) is 3.32. The van der Waals surface area contributed by atoms with E-state index in [1.165, 1.54) is 32.1 Å². The van der Waals surface area contributed by atoms with Gasteiger partial charge < -0.3 is 11.1 Å². The summed E-state index contributed by atoms with van der Waals surface area (Å²) in [4.78, 5) is 0.388. The second-order valence-corrected chi connectivity index (χ2v) is 6.66. The third kappa shape index (κ3) is 3.83. The van der Waals surface area contributed by atoms with Crippen LogP contribution in [-0.4, -0.2) is 11.5 Å². The molecule has 3 N–H and O–H groups in total. The molecule has 1 aromatic rings. The van der Waals surface area contributed by atoms with Crippen LogP contribution in [0.3, 0.4) is 0 Å². The normalized spacial score (nSPS) is 18.0. The molecule has 0 bridgehead atoms. The Morgan fingerprint density at radius 3 is 2.68 bits per heavy atom. The molecule has 19 heavy (non-hydrogen) atoms. The summed E-state index contributed by atoms with van der Waals surface area (Å²) in [6, 6.07) is 5.66. The molecule has 0 unspecified atom stereocenters. The molecule has 1 aromatic carbocycles. The number of hydrogen-bond donors (Lipinski definition) is 2. The SMILES string of the molecule is CC1(CNc2ccc(Cl)cc2C(N)=S)CCCCC1.